The number of piperidine rings is 1. The van der Waals surface area contributed by atoms with E-state index in [9.17, 15) is 5.11 Å². The van der Waals surface area contributed by atoms with Gasteiger partial charge < -0.3 is 14.6 Å². The average Bonchev–Trinajstić information content (AvgIpc) is 2.89. The molecule has 2 aromatic carbocycles. The summed E-state index contributed by atoms with van der Waals surface area (Å²) in [6.07, 6.45) is 0.955. The van der Waals surface area contributed by atoms with Crippen LogP contribution in [0.5, 0.6) is 0 Å². The highest BCUT2D eigenvalue weighted by Gasteiger charge is 2.24. The van der Waals surface area contributed by atoms with Crippen molar-refractivity contribution < 1.29 is 5.11 Å². The van der Waals surface area contributed by atoms with Crippen LogP contribution in [0.4, 0.5) is 0 Å². The highest BCUT2D eigenvalue weighted by atomic mass is 16.3. The number of β-amino-alcohol motifs (C(OH)–C–C–N with tert-alkyl or cyclic N) is 1. The summed E-state index contributed by atoms with van der Waals surface area (Å²) in [6, 6.07) is 17.0. The van der Waals surface area contributed by atoms with E-state index in [0.717, 1.165) is 31.5 Å². The predicted molar refractivity (Wildman–Crippen MR) is 105 cm³/mol. The van der Waals surface area contributed by atoms with Gasteiger partial charge in [0.25, 0.3) is 0 Å². The predicted octanol–water partition coefficient (Wildman–Crippen LogP) is 4.13. The molecule has 0 saturated carbocycles. The SMILES string of the molecule is CC1CC(C)CN(CC(O)Cn2c3ccccc3c3ccccc32)C1. The molecular formula is C22H28N2O. The van der Waals surface area contributed by atoms with Gasteiger partial charge in [-0.2, -0.15) is 0 Å². The number of nitrogens with zero attached hydrogens (tertiary/aromatic N) is 2. The van der Waals surface area contributed by atoms with Crippen LogP contribution in [0, 0.1) is 11.8 Å². The van der Waals surface area contributed by atoms with Gasteiger partial charge in [0.2, 0.25) is 0 Å². The monoisotopic (exact) mass is 336 g/mol. The Morgan fingerprint density at radius 3 is 1.96 bits per heavy atom. The summed E-state index contributed by atoms with van der Waals surface area (Å²) in [6.45, 7) is 8.26. The van der Waals surface area contributed by atoms with E-state index in [0.29, 0.717) is 6.54 Å². The summed E-state index contributed by atoms with van der Waals surface area (Å²) in [5.41, 5.74) is 2.42. The largest absolute Gasteiger partial charge is 0.390 e. The molecule has 3 nitrogen and oxygen atoms in total. The number of likely N-dealkylation sites (tertiary alicyclic amines) is 1. The van der Waals surface area contributed by atoms with E-state index in [-0.39, 0.29) is 6.10 Å². The maximum absolute atomic E-state index is 10.8. The third kappa shape index (κ3) is 3.31. The van der Waals surface area contributed by atoms with E-state index in [4.69, 9.17) is 0 Å². The Hall–Kier alpha value is -1.84. The van der Waals surface area contributed by atoms with Crippen molar-refractivity contribution in [1.29, 1.82) is 0 Å². The lowest BCUT2D eigenvalue weighted by atomic mass is 9.92. The fourth-order valence-electron chi connectivity index (χ4n) is 4.71. The van der Waals surface area contributed by atoms with Gasteiger partial charge in [0.15, 0.2) is 0 Å². The van der Waals surface area contributed by atoms with Crippen LogP contribution in [0.25, 0.3) is 21.8 Å². The highest BCUT2D eigenvalue weighted by Crippen LogP contribution is 2.29. The molecule has 3 heteroatoms. The molecule has 25 heavy (non-hydrogen) atoms. The van der Waals surface area contributed by atoms with Crippen molar-refractivity contribution in [2.24, 2.45) is 11.8 Å². The van der Waals surface area contributed by atoms with E-state index in [1.807, 2.05) is 0 Å². The van der Waals surface area contributed by atoms with Gasteiger partial charge in [-0.05, 0) is 30.4 Å². The van der Waals surface area contributed by atoms with Crippen LogP contribution in [0.15, 0.2) is 48.5 Å². The van der Waals surface area contributed by atoms with Gasteiger partial charge in [-0.1, -0.05) is 50.2 Å². The highest BCUT2D eigenvalue weighted by molar-refractivity contribution is 6.07. The van der Waals surface area contributed by atoms with Gasteiger partial charge >= 0.3 is 0 Å². The second-order valence-corrected chi connectivity index (χ2v) is 7.96. The molecule has 1 N–H and O–H groups in total. The molecule has 3 unspecified atom stereocenters. The summed E-state index contributed by atoms with van der Waals surface area (Å²) in [7, 11) is 0. The number of benzene rings is 2. The lowest BCUT2D eigenvalue weighted by Gasteiger charge is -2.36. The molecular weight excluding hydrogens is 308 g/mol. The number of rotatable bonds is 4. The van der Waals surface area contributed by atoms with Crippen LogP contribution in [-0.4, -0.2) is 40.3 Å². The van der Waals surface area contributed by atoms with Gasteiger partial charge in [0, 0.05) is 41.4 Å². The quantitative estimate of drug-likeness (QED) is 0.776. The topological polar surface area (TPSA) is 28.4 Å². The van der Waals surface area contributed by atoms with Gasteiger partial charge in [0.1, 0.15) is 0 Å². The van der Waals surface area contributed by atoms with Crippen molar-refractivity contribution in [2.75, 3.05) is 19.6 Å². The van der Waals surface area contributed by atoms with E-state index in [1.165, 1.54) is 28.2 Å². The van der Waals surface area contributed by atoms with Crippen molar-refractivity contribution in [2.45, 2.75) is 32.9 Å². The zero-order chi connectivity index (χ0) is 17.4. The van der Waals surface area contributed by atoms with Crippen LogP contribution in [0.1, 0.15) is 20.3 Å². The maximum Gasteiger partial charge on any atom is 0.0845 e. The van der Waals surface area contributed by atoms with Gasteiger partial charge in [-0.15, -0.1) is 0 Å². The first-order valence-corrected chi connectivity index (χ1v) is 9.48. The molecule has 0 amide bonds. The van der Waals surface area contributed by atoms with Crippen molar-refractivity contribution in [3.05, 3.63) is 48.5 Å². The number of para-hydroxylation sites is 2. The third-order valence-corrected chi connectivity index (χ3v) is 5.49. The smallest absolute Gasteiger partial charge is 0.0845 e. The molecule has 3 atom stereocenters. The first kappa shape index (κ1) is 16.6. The molecule has 1 aliphatic heterocycles. The fraction of sp³-hybridized carbons (Fsp3) is 0.455. The number of aromatic nitrogens is 1. The molecule has 1 aliphatic rings. The van der Waals surface area contributed by atoms with E-state index < -0.39 is 0 Å². The van der Waals surface area contributed by atoms with Crippen LogP contribution in [0.3, 0.4) is 0 Å². The summed E-state index contributed by atoms with van der Waals surface area (Å²) in [5.74, 6) is 1.45. The second-order valence-electron chi connectivity index (χ2n) is 7.96. The van der Waals surface area contributed by atoms with Gasteiger partial charge in [0.05, 0.1) is 12.6 Å². The molecule has 1 fully saturated rings. The number of aliphatic hydroxyl groups is 1. The van der Waals surface area contributed by atoms with Crippen molar-refractivity contribution in [1.82, 2.24) is 9.47 Å². The maximum atomic E-state index is 10.8. The van der Waals surface area contributed by atoms with Crippen LogP contribution < -0.4 is 0 Å². The Morgan fingerprint density at radius 1 is 0.880 bits per heavy atom. The standard InChI is InChI=1S/C22H28N2O/c1-16-11-17(2)13-23(12-16)14-18(25)15-24-21-9-5-3-7-19(21)20-8-4-6-10-22(20)24/h3-10,16-18,25H,11-15H2,1-2H3. The zero-order valence-corrected chi connectivity index (χ0v) is 15.2. The van der Waals surface area contributed by atoms with Crippen LogP contribution in [-0.2, 0) is 6.54 Å². The molecule has 1 aromatic heterocycles. The first-order chi connectivity index (χ1) is 12.1. The van der Waals surface area contributed by atoms with Crippen molar-refractivity contribution in [3.8, 4) is 0 Å². The molecule has 0 radical (unpaired) electrons. The summed E-state index contributed by atoms with van der Waals surface area (Å²) < 4.78 is 2.28. The molecule has 1 saturated heterocycles. The fourth-order valence-corrected chi connectivity index (χ4v) is 4.71. The minimum Gasteiger partial charge on any atom is -0.390 e. The minimum atomic E-state index is -0.350. The number of hydrogen-bond acceptors (Lipinski definition) is 2. The Labute approximate surface area is 149 Å². The Bertz CT molecular complexity index is 805. The third-order valence-electron chi connectivity index (χ3n) is 5.49. The molecule has 2 heterocycles. The Kier molecular flexibility index (Phi) is 4.53. The summed E-state index contributed by atoms with van der Waals surface area (Å²) in [5, 5.41) is 13.3. The molecule has 4 rings (SSSR count). The lowest BCUT2D eigenvalue weighted by Crippen LogP contribution is -2.43. The number of hydrogen-bond donors (Lipinski definition) is 1. The zero-order valence-electron chi connectivity index (χ0n) is 15.2. The molecule has 0 bridgehead atoms. The first-order valence-electron chi connectivity index (χ1n) is 9.48. The minimum absolute atomic E-state index is 0.350. The van der Waals surface area contributed by atoms with Crippen molar-refractivity contribution >= 4 is 21.8 Å². The van der Waals surface area contributed by atoms with E-state index >= 15 is 0 Å². The lowest BCUT2D eigenvalue weighted by molar-refractivity contribution is 0.0626. The van der Waals surface area contributed by atoms with Crippen molar-refractivity contribution in [3.63, 3.8) is 0 Å². The normalized spacial score (nSPS) is 23.3. The van der Waals surface area contributed by atoms with E-state index in [2.05, 4.69) is 71.8 Å². The Balaban J connectivity index is 1.59. The number of fused-ring (bicyclic) bond motifs is 3. The Morgan fingerprint density at radius 2 is 1.40 bits per heavy atom. The average molecular weight is 336 g/mol. The summed E-state index contributed by atoms with van der Waals surface area (Å²) >= 11 is 0. The second kappa shape index (κ2) is 6.81. The van der Waals surface area contributed by atoms with Crippen LogP contribution in [0.2, 0.25) is 0 Å². The summed E-state index contributed by atoms with van der Waals surface area (Å²) in [4.78, 5) is 2.44. The molecule has 0 spiro atoms. The molecule has 132 valence electrons. The van der Waals surface area contributed by atoms with Gasteiger partial charge in [-0.3, -0.25) is 0 Å². The molecule has 3 aromatic rings. The number of aliphatic hydroxyl groups excluding tert-OH is 1. The molecule has 0 aliphatic carbocycles. The van der Waals surface area contributed by atoms with Crippen LogP contribution >= 0.6 is 0 Å². The van der Waals surface area contributed by atoms with E-state index in [1.54, 1.807) is 0 Å². The van der Waals surface area contributed by atoms with Gasteiger partial charge in [-0.25, -0.2) is 0 Å².